The molecule has 2 aromatic rings. The number of nitrogens with two attached hydrogens (primary N) is 1. The smallest absolute Gasteiger partial charge is 0.160 e. The van der Waals surface area contributed by atoms with Crippen LogP contribution < -0.4 is 5.73 Å². The molecular formula is C12H17N5. The Kier molecular flexibility index (Phi) is 2.48. The normalized spacial score (nSPS) is 21.4. The maximum Gasteiger partial charge on any atom is 0.160 e. The quantitative estimate of drug-likeness (QED) is 0.841. The third kappa shape index (κ3) is 1.67. The van der Waals surface area contributed by atoms with Crippen molar-refractivity contribution in [3.05, 3.63) is 24.0 Å². The summed E-state index contributed by atoms with van der Waals surface area (Å²) < 4.78 is 1.73. The Labute approximate surface area is 100 Å². The van der Waals surface area contributed by atoms with Gasteiger partial charge >= 0.3 is 0 Å². The highest BCUT2D eigenvalue weighted by molar-refractivity contribution is 5.53. The van der Waals surface area contributed by atoms with E-state index in [9.17, 15) is 0 Å². The first-order valence-electron chi connectivity index (χ1n) is 6.10. The molecule has 3 rings (SSSR count). The molecule has 0 spiro atoms. The number of rotatable bonds is 2. The number of nitrogens with zero attached hydrogens (tertiary/aromatic N) is 4. The molecule has 90 valence electrons. The molecule has 3 heterocycles. The van der Waals surface area contributed by atoms with Gasteiger partial charge in [-0.3, -0.25) is 0 Å². The highest BCUT2D eigenvalue weighted by Crippen LogP contribution is 2.29. The zero-order chi connectivity index (χ0) is 11.8. The molecule has 0 aromatic carbocycles. The van der Waals surface area contributed by atoms with Gasteiger partial charge in [0, 0.05) is 24.2 Å². The zero-order valence-electron chi connectivity index (χ0n) is 10.0. The van der Waals surface area contributed by atoms with Gasteiger partial charge in [0.1, 0.15) is 5.82 Å². The van der Waals surface area contributed by atoms with Crippen molar-refractivity contribution in [2.24, 2.45) is 0 Å². The number of likely N-dealkylation sites (N-methyl/N-ethyl adjacent to an activating group) is 1. The maximum atomic E-state index is 5.87. The van der Waals surface area contributed by atoms with Gasteiger partial charge in [0.15, 0.2) is 5.65 Å². The molecule has 1 saturated heterocycles. The van der Waals surface area contributed by atoms with E-state index in [4.69, 9.17) is 5.73 Å². The molecule has 2 N–H and O–H groups in total. The lowest BCUT2D eigenvalue weighted by Crippen LogP contribution is -2.19. The first-order chi connectivity index (χ1) is 8.29. The van der Waals surface area contributed by atoms with Crippen molar-refractivity contribution < 1.29 is 0 Å². The first-order valence-corrected chi connectivity index (χ1v) is 6.10. The molecule has 0 saturated carbocycles. The maximum absolute atomic E-state index is 5.87. The highest BCUT2D eigenvalue weighted by Gasteiger charge is 2.25. The van der Waals surface area contributed by atoms with E-state index in [1.54, 1.807) is 16.8 Å². The summed E-state index contributed by atoms with van der Waals surface area (Å²) in [6.07, 6.45) is 4.86. The molecule has 1 aliphatic rings. The van der Waals surface area contributed by atoms with E-state index >= 15 is 0 Å². The van der Waals surface area contributed by atoms with Crippen molar-refractivity contribution in [1.29, 1.82) is 0 Å². The Hall–Kier alpha value is -1.62. The Balaban J connectivity index is 1.99. The van der Waals surface area contributed by atoms with Gasteiger partial charge in [-0.05, 0) is 25.6 Å². The summed E-state index contributed by atoms with van der Waals surface area (Å²) in [6.45, 7) is 5.59. The van der Waals surface area contributed by atoms with Crippen LogP contribution in [0.15, 0.2) is 18.5 Å². The summed E-state index contributed by atoms with van der Waals surface area (Å²) in [7, 11) is 0. The molecule has 0 radical (unpaired) electrons. The molecule has 0 aliphatic carbocycles. The van der Waals surface area contributed by atoms with E-state index in [0.29, 0.717) is 11.7 Å². The average molecular weight is 231 g/mol. The van der Waals surface area contributed by atoms with Crippen LogP contribution in [0.4, 0.5) is 5.82 Å². The van der Waals surface area contributed by atoms with Gasteiger partial charge < -0.3 is 10.6 Å². The zero-order valence-corrected chi connectivity index (χ0v) is 10.0. The molecule has 0 bridgehead atoms. The lowest BCUT2D eigenvalue weighted by atomic mass is 10.0. The summed E-state index contributed by atoms with van der Waals surface area (Å²) in [5.41, 5.74) is 8.01. The molecule has 17 heavy (non-hydrogen) atoms. The van der Waals surface area contributed by atoms with Crippen molar-refractivity contribution in [1.82, 2.24) is 19.5 Å². The molecule has 2 aromatic heterocycles. The van der Waals surface area contributed by atoms with Crippen LogP contribution in [0.25, 0.3) is 5.65 Å². The van der Waals surface area contributed by atoms with Gasteiger partial charge in [0.2, 0.25) is 0 Å². The molecule has 1 fully saturated rings. The van der Waals surface area contributed by atoms with Crippen molar-refractivity contribution in [2.75, 3.05) is 25.4 Å². The van der Waals surface area contributed by atoms with E-state index < -0.39 is 0 Å². The van der Waals surface area contributed by atoms with Crippen LogP contribution in [-0.4, -0.2) is 39.1 Å². The number of anilines is 1. The summed E-state index contributed by atoms with van der Waals surface area (Å²) in [4.78, 5) is 6.86. The summed E-state index contributed by atoms with van der Waals surface area (Å²) in [5.74, 6) is 1.19. The fourth-order valence-electron chi connectivity index (χ4n) is 2.59. The Morgan fingerprint density at radius 3 is 3.18 bits per heavy atom. The minimum absolute atomic E-state index is 0.543. The van der Waals surface area contributed by atoms with Gasteiger partial charge in [-0.2, -0.15) is 9.61 Å². The second kappa shape index (κ2) is 4.00. The fourth-order valence-corrected chi connectivity index (χ4v) is 2.59. The summed E-state index contributed by atoms with van der Waals surface area (Å²) in [5, 5.41) is 4.32. The Morgan fingerprint density at radius 2 is 2.41 bits per heavy atom. The standard InChI is InChI=1S/C12H17N5/c1-2-16-6-4-9(8-16)10-7-15-17-11(13)3-5-14-12(10)17/h3,5,7,9H,2,4,6,8,13H2,1H3. The van der Waals surface area contributed by atoms with Crippen LogP contribution in [-0.2, 0) is 0 Å². The third-order valence-corrected chi connectivity index (χ3v) is 3.62. The van der Waals surface area contributed by atoms with Crippen molar-refractivity contribution in [2.45, 2.75) is 19.3 Å². The van der Waals surface area contributed by atoms with E-state index in [2.05, 4.69) is 21.9 Å². The van der Waals surface area contributed by atoms with E-state index in [1.165, 1.54) is 18.5 Å². The molecule has 1 aliphatic heterocycles. The predicted octanol–water partition coefficient (Wildman–Crippen LogP) is 1.12. The second-order valence-corrected chi connectivity index (χ2v) is 4.58. The molecule has 5 nitrogen and oxygen atoms in total. The van der Waals surface area contributed by atoms with Gasteiger partial charge in [-0.25, -0.2) is 4.98 Å². The van der Waals surface area contributed by atoms with Crippen LogP contribution in [0.1, 0.15) is 24.8 Å². The van der Waals surface area contributed by atoms with Crippen LogP contribution in [0.2, 0.25) is 0 Å². The Bertz CT molecular complexity index is 533. The van der Waals surface area contributed by atoms with Crippen LogP contribution in [0.3, 0.4) is 0 Å². The number of hydrogen-bond donors (Lipinski definition) is 1. The number of aromatic nitrogens is 3. The van der Waals surface area contributed by atoms with Crippen LogP contribution in [0.5, 0.6) is 0 Å². The lowest BCUT2D eigenvalue weighted by molar-refractivity contribution is 0.354. The summed E-state index contributed by atoms with van der Waals surface area (Å²) >= 11 is 0. The van der Waals surface area contributed by atoms with Gasteiger partial charge in [0.25, 0.3) is 0 Å². The number of likely N-dealkylation sites (tertiary alicyclic amines) is 1. The first kappa shape index (κ1) is 10.5. The minimum atomic E-state index is 0.543. The molecular weight excluding hydrogens is 214 g/mol. The third-order valence-electron chi connectivity index (χ3n) is 3.62. The molecule has 5 heteroatoms. The Morgan fingerprint density at radius 1 is 1.53 bits per heavy atom. The fraction of sp³-hybridized carbons (Fsp3) is 0.500. The van der Waals surface area contributed by atoms with Crippen molar-refractivity contribution >= 4 is 11.5 Å². The second-order valence-electron chi connectivity index (χ2n) is 4.58. The summed E-state index contributed by atoms with van der Waals surface area (Å²) in [6, 6.07) is 1.77. The largest absolute Gasteiger partial charge is 0.384 e. The highest BCUT2D eigenvalue weighted by atomic mass is 15.3. The average Bonchev–Trinajstić information content (AvgIpc) is 2.94. The number of nitrogen functional groups attached to an aromatic ring is 1. The van der Waals surface area contributed by atoms with E-state index in [-0.39, 0.29) is 0 Å². The topological polar surface area (TPSA) is 59.5 Å². The van der Waals surface area contributed by atoms with Gasteiger partial charge in [-0.1, -0.05) is 6.92 Å². The predicted molar refractivity (Wildman–Crippen MR) is 66.9 cm³/mol. The van der Waals surface area contributed by atoms with Crippen LogP contribution in [0, 0.1) is 0 Å². The van der Waals surface area contributed by atoms with E-state index in [1.807, 2.05) is 6.20 Å². The lowest BCUT2D eigenvalue weighted by Gasteiger charge is -2.12. The molecule has 1 atom stereocenters. The number of fused-ring (bicyclic) bond motifs is 1. The SMILES string of the molecule is CCN1CCC(c2cnn3c(N)ccnc23)C1. The molecule has 0 amide bonds. The van der Waals surface area contributed by atoms with Gasteiger partial charge in [0.05, 0.1) is 6.20 Å². The monoisotopic (exact) mass is 231 g/mol. The number of hydrogen-bond acceptors (Lipinski definition) is 4. The minimum Gasteiger partial charge on any atom is -0.384 e. The molecule has 1 unspecified atom stereocenters. The van der Waals surface area contributed by atoms with Crippen molar-refractivity contribution in [3.63, 3.8) is 0 Å². The van der Waals surface area contributed by atoms with Crippen molar-refractivity contribution in [3.8, 4) is 0 Å². The van der Waals surface area contributed by atoms with Crippen LogP contribution >= 0.6 is 0 Å². The van der Waals surface area contributed by atoms with Gasteiger partial charge in [-0.15, -0.1) is 0 Å². The van der Waals surface area contributed by atoms with E-state index in [0.717, 1.165) is 18.7 Å².